The molecule has 2 saturated heterocycles. The van der Waals surface area contributed by atoms with Crippen molar-refractivity contribution in [2.24, 2.45) is 0 Å². The van der Waals surface area contributed by atoms with Crippen molar-refractivity contribution in [1.29, 1.82) is 0 Å². The van der Waals surface area contributed by atoms with E-state index in [1.54, 1.807) is 17.0 Å². The second kappa shape index (κ2) is 6.44. The van der Waals surface area contributed by atoms with Crippen molar-refractivity contribution < 1.29 is 18.3 Å². The van der Waals surface area contributed by atoms with E-state index in [0.717, 1.165) is 31.7 Å². The lowest BCUT2D eigenvalue weighted by Gasteiger charge is -2.39. The van der Waals surface area contributed by atoms with E-state index in [4.69, 9.17) is 9.15 Å². The van der Waals surface area contributed by atoms with Gasteiger partial charge in [0.05, 0.1) is 43.5 Å². The summed E-state index contributed by atoms with van der Waals surface area (Å²) in [5, 5.41) is 3.18. The standard InChI is InChI=1S/C17H19FN4O3/c18-12-8-19-16(20-9-12)21-13-7-17(25-10-13)4-2-5-22(11-17)15(23)14-3-1-6-24-14/h1,3,6,8-9,13H,2,4-5,7,10-11H2,(H,19,20,21)/t13-,17-/m1/s1. The molecule has 1 N–H and O–H groups in total. The monoisotopic (exact) mass is 346 g/mol. The maximum absolute atomic E-state index is 12.9. The number of amides is 1. The van der Waals surface area contributed by atoms with Crippen molar-refractivity contribution in [3.63, 3.8) is 0 Å². The maximum Gasteiger partial charge on any atom is 0.289 e. The van der Waals surface area contributed by atoms with Crippen LogP contribution in [0.2, 0.25) is 0 Å². The van der Waals surface area contributed by atoms with Gasteiger partial charge in [0.2, 0.25) is 5.95 Å². The number of nitrogens with one attached hydrogen (secondary N) is 1. The molecule has 0 aliphatic carbocycles. The predicted molar refractivity (Wildman–Crippen MR) is 86.5 cm³/mol. The van der Waals surface area contributed by atoms with E-state index in [2.05, 4.69) is 15.3 Å². The molecule has 2 atom stereocenters. The van der Waals surface area contributed by atoms with Gasteiger partial charge in [0.25, 0.3) is 5.91 Å². The van der Waals surface area contributed by atoms with E-state index in [1.165, 1.54) is 6.26 Å². The molecule has 8 heteroatoms. The molecular formula is C17H19FN4O3. The second-order valence-electron chi connectivity index (χ2n) is 6.57. The third-order valence-electron chi connectivity index (χ3n) is 4.72. The Morgan fingerprint density at radius 2 is 2.24 bits per heavy atom. The summed E-state index contributed by atoms with van der Waals surface area (Å²) in [4.78, 5) is 22.1. The van der Waals surface area contributed by atoms with Crippen molar-refractivity contribution in [2.45, 2.75) is 30.9 Å². The van der Waals surface area contributed by atoms with Gasteiger partial charge in [0, 0.05) is 13.0 Å². The van der Waals surface area contributed by atoms with Crippen LogP contribution in [0, 0.1) is 5.82 Å². The molecule has 25 heavy (non-hydrogen) atoms. The minimum atomic E-state index is -0.468. The molecule has 2 aliphatic rings. The number of hydrogen-bond donors (Lipinski definition) is 1. The molecule has 132 valence electrons. The molecule has 4 rings (SSSR count). The molecule has 0 aromatic carbocycles. The Morgan fingerprint density at radius 1 is 1.40 bits per heavy atom. The number of rotatable bonds is 3. The summed E-state index contributed by atoms with van der Waals surface area (Å²) >= 11 is 0. The third-order valence-corrected chi connectivity index (χ3v) is 4.72. The first kappa shape index (κ1) is 16.0. The molecule has 2 aliphatic heterocycles. The van der Waals surface area contributed by atoms with E-state index >= 15 is 0 Å². The average Bonchev–Trinajstić information content (AvgIpc) is 3.27. The van der Waals surface area contributed by atoms with Gasteiger partial charge in [-0.05, 0) is 25.0 Å². The Hall–Kier alpha value is -2.48. The summed E-state index contributed by atoms with van der Waals surface area (Å²) in [5.74, 6) is 0.158. The largest absolute Gasteiger partial charge is 0.459 e. The molecule has 4 heterocycles. The molecule has 2 aromatic heterocycles. The van der Waals surface area contributed by atoms with E-state index in [9.17, 15) is 9.18 Å². The number of hydrogen-bond acceptors (Lipinski definition) is 6. The quantitative estimate of drug-likeness (QED) is 0.917. The lowest BCUT2D eigenvalue weighted by Crippen LogP contribution is -2.50. The maximum atomic E-state index is 12.9. The van der Waals surface area contributed by atoms with E-state index in [-0.39, 0.29) is 17.6 Å². The summed E-state index contributed by atoms with van der Waals surface area (Å²) in [7, 11) is 0. The van der Waals surface area contributed by atoms with Crippen LogP contribution in [0.25, 0.3) is 0 Å². The fourth-order valence-corrected chi connectivity index (χ4v) is 3.62. The summed E-state index contributed by atoms with van der Waals surface area (Å²) in [6, 6.07) is 3.42. The predicted octanol–water partition coefficient (Wildman–Crippen LogP) is 2.08. The first-order valence-corrected chi connectivity index (χ1v) is 8.34. The second-order valence-corrected chi connectivity index (χ2v) is 6.57. The van der Waals surface area contributed by atoms with Crippen LogP contribution < -0.4 is 5.32 Å². The highest BCUT2D eigenvalue weighted by Crippen LogP contribution is 2.36. The van der Waals surface area contributed by atoms with Crippen LogP contribution in [0.3, 0.4) is 0 Å². The topological polar surface area (TPSA) is 80.5 Å². The number of aromatic nitrogens is 2. The summed E-state index contributed by atoms with van der Waals surface area (Å²) in [6.45, 7) is 1.74. The number of nitrogens with zero attached hydrogens (tertiary/aromatic N) is 3. The van der Waals surface area contributed by atoms with Gasteiger partial charge in [-0.25, -0.2) is 14.4 Å². The molecule has 0 unspecified atom stereocenters. The average molecular weight is 346 g/mol. The van der Waals surface area contributed by atoms with E-state index < -0.39 is 5.82 Å². The van der Waals surface area contributed by atoms with Crippen molar-refractivity contribution >= 4 is 11.9 Å². The molecule has 0 bridgehead atoms. The van der Waals surface area contributed by atoms with Crippen LogP contribution in [-0.2, 0) is 4.74 Å². The van der Waals surface area contributed by atoms with E-state index in [1.807, 2.05) is 0 Å². The Morgan fingerprint density at radius 3 is 3.00 bits per heavy atom. The Balaban J connectivity index is 1.40. The number of ether oxygens (including phenoxy) is 1. The highest BCUT2D eigenvalue weighted by molar-refractivity contribution is 5.91. The zero-order valence-electron chi connectivity index (χ0n) is 13.7. The highest BCUT2D eigenvalue weighted by Gasteiger charge is 2.45. The van der Waals surface area contributed by atoms with Crippen LogP contribution in [-0.4, -0.2) is 52.1 Å². The van der Waals surface area contributed by atoms with Crippen LogP contribution in [0.4, 0.5) is 10.3 Å². The lowest BCUT2D eigenvalue weighted by molar-refractivity contribution is -0.0452. The third kappa shape index (κ3) is 3.34. The van der Waals surface area contributed by atoms with Gasteiger partial charge in [0.1, 0.15) is 0 Å². The number of carbonyl (C=O) groups excluding carboxylic acids is 1. The number of furan rings is 1. The van der Waals surface area contributed by atoms with Gasteiger partial charge in [-0.15, -0.1) is 0 Å². The zero-order chi connectivity index (χ0) is 17.3. The first-order chi connectivity index (χ1) is 12.1. The fraction of sp³-hybridized carbons (Fsp3) is 0.471. The van der Waals surface area contributed by atoms with Gasteiger partial charge in [-0.2, -0.15) is 0 Å². The van der Waals surface area contributed by atoms with Gasteiger partial charge in [0.15, 0.2) is 11.6 Å². The number of likely N-dealkylation sites (tertiary alicyclic amines) is 1. The minimum absolute atomic E-state index is 0.0316. The van der Waals surface area contributed by atoms with Crippen LogP contribution in [0.1, 0.15) is 29.8 Å². The minimum Gasteiger partial charge on any atom is -0.459 e. The Bertz CT molecular complexity index is 737. The fourth-order valence-electron chi connectivity index (χ4n) is 3.62. The molecule has 2 fully saturated rings. The number of piperidine rings is 1. The Kier molecular flexibility index (Phi) is 4.12. The van der Waals surface area contributed by atoms with Gasteiger partial charge in [-0.1, -0.05) is 0 Å². The highest BCUT2D eigenvalue weighted by atomic mass is 19.1. The molecule has 1 amide bonds. The van der Waals surface area contributed by atoms with Crippen LogP contribution in [0.15, 0.2) is 35.2 Å². The summed E-state index contributed by atoms with van der Waals surface area (Å²) < 4.78 is 24.2. The van der Waals surface area contributed by atoms with Crippen LogP contribution in [0.5, 0.6) is 0 Å². The van der Waals surface area contributed by atoms with Gasteiger partial charge < -0.3 is 19.4 Å². The smallest absolute Gasteiger partial charge is 0.289 e. The zero-order valence-corrected chi connectivity index (χ0v) is 13.7. The van der Waals surface area contributed by atoms with Crippen molar-refractivity contribution in [3.05, 3.63) is 42.4 Å². The van der Waals surface area contributed by atoms with Gasteiger partial charge in [-0.3, -0.25) is 4.79 Å². The molecule has 7 nitrogen and oxygen atoms in total. The Labute approximate surface area is 144 Å². The van der Waals surface area contributed by atoms with Crippen molar-refractivity contribution in [1.82, 2.24) is 14.9 Å². The first-order valence-electron chi connectivity index (χ1n) is 8.34. The van der Waals surface area contributed by atoms with E-state index in [0.29, 0.717) is 31.4 Å². The van der Waals surface area contributed by atoms with Crippen molar-refractivity contribution in [3.8, 4) is 0 Å². The number of halogens is 1. The SMILES string of the molecule is O=C(c1ccco1)N1CCC[C@@]2(C[C@@H](Nc3ncc(F)cn3)CO2)C1. The van der Waals surface area contributed by atoms with Gasteiger partial charge >= 0.3 is 0 Å². The lowest BCUT2D eigenvalue weighted by atomic mass is 9.88. The summed E-state index contributed by atoms with van der Waals surface area (Å²) in [6.07, 6.45) is 6.29. The summed E-state index contributed by atoms with van der Waals surface area (Å²) in [5.41, 5.74) is -0.363. The van der Waals surface area contributed by atoms with Crippen molar-refractivity contribution in [2.75, 3.05) is 25.0 Å². The normalized spacial score (nSPS) is 26.1. The molecule has 0 saturated carbocycles. The molecule has 2 aromatic rings. The molecule has 0 radical (unpaired) electrons. The molecular weight excluding hydrogens is 327 g/mol. The number of carbonyl (C=O) groups is 1. The number of anilines is 1. The van der Waals surface area contributed by atoms with Crippen LogP contribution >= 0.6 is 0 Å². The molecule has 1 spiro atoms.